The van der Waals surface area contributed by atoms with Crippen LogP contribution in [0.15, 0.2) is 24.3 Å². The van der Waals surface area contributed by atoms with Gasteiger partial charge in [-0.15, -0.1) is 0 Å². The fraction of sp³-hybridized carbons (Fsp3) is 0.571. The third kappa shape index (κ3) is 2.61. The highest BCUT2D eigenvalue weighted by atomic mass is 16.5. The van der Waals surface area contributed by atoms with Crippen molar-refractivity contribution in [2.45, 2.75) is 24.7 Å². The van der Waals surface area contributed by atoms with Gasteiger partial charge in [0.05, 0.1) is 13.7 Å². The topological polar surface area (TPSA) is 41.5 Å². The number of rotatable bonds is 3. The third-order valence-corrected chi connectivity index (χ3v) is 3.77. The molecule has 1 saturated heterocycles. The van der Waals surface area contributed by atoms with Gasteiger partial charge in [-0.1, -0.05) is 12.1 Å². The Morgan fingerprint density at radius 3 is 3.00 bits per heavy atom. The van der Waals surface area contributed by atoms with Crippen LogP contribution in [0.4, 0.5) is 0 Å². The van der Waals surface area contributed by atoms with E-state index in [0.717, 1.165) is 38.1 Å². The van der Waals surface area contributed by atoms with Gasteiger partial charge in [-0.2, -0.15) is 0 Å². The van der Waals surface area contributed by atoms with Gasteiger partial charge in [-0.3, -0.25) is 0 Å². The maximum absolute atomic E-state index is 9.81. The van der Waals surface area contributed by atoms with Crippen LogP contribution in [-0.4, -0.2) is 31.9 Å². The molecule has 1 aliphatic rings. The largest absolute Gasteiger partial charge is 0.497 e. The van der Waals surface area contributed by atoms with Crippen LogP contribution in [0.1, 0.15) is 24.8 Å². The zero-order chi connectivity index (χ0) is 12.1. The molecule has 1 aromatic carbocycles. The molecule has 1 unspecified atom stereocenters. The lowest BCUT2D eigenvalue weighted by Crippen LogP contribution is -2.31. The van der Waals surface area contributed by atoms with E-state index in [4.69, 9.17) is 4.74 Å². The zero-order valence-electron chi connectivity index (χ0n) is 10.4. The summed E-state index contributed by atoms with van der Waals surface area (Å²) in [6.45, 7) is 2.23. The number of aliphatic hydroxyl groups is 1. The van der Waals surface area contributed by atoms with Crippen LogP contribution in [0.3, 0.4) is 0 Å². The predicted octanol–water partition coefficient (Wildman–Crippen LogP) is 1.70. The lowest BCUT2D eigenvalue weighted by atomic mass is 9.75. The number of methoxy groups -OCH3 is 1. The van der Waals surface area contributed by atoms with Gasteiger partial charge in [0.25, 0.3) is 0 Å². The van der Waals surface area contributed by atoms with Gasteiger partial charge in [0, 0.05) is 5.41 Å². The van der Waals surface area contributed by atoms with Crippen molar-refractivity contribution in [3.05, 3.63) is 29.8 Å². The molecule has 3 heteroatoms. The number of hydrogen-bond acceptors (Lipinski definition) is 3. The Bertz CT molecular complexity index is 357. The molecule has 17 heavy (non-hydrogen) atoms. The molecule has 1 fully saturated rings. The molecule has 1 atom stereocenters. The quantitative estimate of drug-likeness (QED) is 0.838. The van der Waals surface area contributed by atoms with E-state index in [1.165, 1.54) is 5.56 Å². The molecule has 1 aliphatic heterocycles. The van der Waals surface area contributed by atoms with Crippen molar-refractivity contribution < 1.29 is 9.84 Å². The molecule has 0 amide bonds. The molecular weight excluding hydrogens is 214 g/mol. The first-order valence-corrected chi connectivity index (χ1v) is 6.27. The fourth-order valence-electron chi connectivity index (χ4n) is 2.62. The van der Waals surface area contributed by atoms with E-state index in [1.54, 1.807) is 7.11 Å². The van der Waals surface area contributed by atoms with Crippen LogP contribution in [0.5, 0.6) is 5.75 Å². The second-order valence-corrected chi connectivity index (χ2v) is 4.77. The summed E-state index contributed by atoms with van der Waals surface area (Å²) in [5, 5.41) is 13.2. The first-order chi connectivity index (χ1) is 8.30. The minimum atomic E-state index is -0.0992. The monoisotopic (exact) mass is 235 g/mol. The third-order valence-electron chi connectivity index (χ3n) is 3.77. The summed E-state index contributed by atoms with van der Waals surface area (Å²) in [5.74, 6) is 0.868. The summed E-state index contributed by atoms with van der Waals surface area (Å²) in [7, 11) is 1.68. The lowest BCUT2D eigenvalue weighted by Gasteiger charge is -2.31. The van der Waals surface area contributed by atoms with Crippen LogP contribution >= 0.6 is 0 Å². The van der Waals surface area contributed by atoms with E-state index in [9.17, 15) is 5.11 Å². The average Bonchev–Trinajstić information content (AvgIpc) is 2.65. The van der Waals surface area contributed by atoms with E-state index < -0.39 is 0 Å². The van der Waals surface area contributed by atoms with E-state index in [1.807, 2.05) is 12.1 Å². The van der Waals surface area contributed by atoms with Gasteiger partial charge < -0.3 is 15.2 Å². The van der Waals surface area contributed by atoms with Crippen LogP contribution in [0, 0.1) is 0 Å². The van der Waals surface area contributed by atoms with Crippen LogP contribution < -0.4 is 10.1 Å². The average molecular weight is 235 g/mol. The number of ether oxygens (including phenoxy) is 1. The zero-order valence-corrected chi connectivity index (χ0v) is 10.4. The minimum Gasteiger partial charge on any atom is -0.497 e. The molecule has 0 radical (unpaired) electrons. The molecular formula is C14H21NO2. The van der Waals surface area contributed by atoms with Gasteiger partial charge in [-0.25, -0.2) is 0 Å². The highest BCUT2D eigenvalue weighted by Gasteiger charge is 2.32. The Morgan fingerprint density at radius 1 is 1.35 bits per heavy atom. The number of benzene rings is 1. The lowest BCUT2D eigenvalue weighted by molar-refractivity contribution is 0.178. The summed E-state index contributed by atoms with van der Waals surface area (Å²) in [5.41, 5.74) is 1.10. The normalized spacial score (nSPS) is 25.3. The molecule has 3 nitrogen and oxygen atoms in total. The Labute approximate surface area is 103 Å². The SMILES string of the molecule is COc1cccc(C2(CO)CCCNCC2)c1. The number of hydrogen-bond donors (Lipinski definition) is 2. The predicted molar refractivity (Wildman–Crippen MR) is 68.5 cm³/mol. The molecule has 2 rings (SSSR count). The van der Waals surface area contributed by atoms with Crippen LogP contribution in [0.2, 0.25) is 0 Å². The molecule has 0 aliphatic carbocycles. The second kappa shape index (κ2) is 5.52. The van der Waals surface area contributed by atoms with Crippen LogP contribution in [0.25, 0.3) is 0 Å². The second-order valence-electron chi connectivity index (χ2n) is 4.77. The highest BCUT2D eigenvalue weighted by molar-refractivity contribution is 5.34. The van der Waals surface area contributed by atoms with Gasteiger partial charge >= 0.3 is 0 Å². The summed E-state index contributed by atoms with van der Waals surface area (Å²) in [4.78, 5) is 0. The Balaban J connectivity index is 2.31. The molecule has 2 N–H and O–H groups in total. The van der Waals surface area contributed by atoms with Crippen molar-refractivity contribution in [2.24, 2.45) is 0 Å². The summed E-state index contributed by atoms with van der Waals surface area (Å²) >= 11 is 0. The molecule has 0 bridgehead atoms. The maximum atomic E-state index is 9.81. The Morgan fingerprint density at radius 2 is 2.24 bits per heavy atom. The van der Waals surface area contributed by atoms with Crippen molar-refractivity contribution in [3.8, 4) is 5.75 Å². The standard InChI is InChI=1S/C14H21NO2/c1-17-13-5-2-4-12(10-13)14(11-16)6-3-8-15-9-7-14/h2,4-5,10,15-16H,3,6-9,11H2,1H3. The van der Waals surface area contributed by atoms with Crippen molar-refractivity contribution in [1.82, 2.24) is 5.32 Å². The van der Waals surface area contributed by atoms with E-state index in [-0.39, 0.29) is 12.0 Å². The first kappa shape index (κ1) is 12.4. The summed E-state index contributed by atoms with van der Waals surface area (Å²) in [6, 6.07) is 8.11. The van der Waals surface area contributed by atoms with Gasteiger partial charge in [0.1, 0.15) is 5.75 Å². The number of aliphatic hydroxyl groups excluding tert-OH is 1. The Hall–Kier alpha value is -1.06. The molecule has 1 heterocycles. The van der Waals surface area contributed by atoms with E-state index >= 15 is 0 Å². The summed E-state index contributed by atoms with van der Waals surface area (Å²) < 4.78 is 5.27. The van der Waals surface area contributed by atoms with E-state index in [0.29, 0.717) is 0 Å². The maximum Gasteiger partial charge on any atom is 0.119 e. The molecule has 1 aromatic rings. The molecule has 0 aromatic heterocycles. The summed E-state index contributed by atoms with van der Waals surface area (Å²) in [6.07, 6.45) is 3.12. The van der Waals surface area contributed by atoms with Crippen molar-refractivity contribution in [2.75, 3.05) is 26.8 Å². The highest BCUT2D eigenvalue weighted by Crippen LogP contribution is 2.35. The molecule has 0 saturated carbocycles. The minimum absolute atomic E-state index is 0.0992. The Kier molecular flexibility index (Phi) is 4.02. The van der Waals surface area contributed by atoms with Gasteiger partial charge in [-0.05, 0) is 50.0 Å². The fourth-order valence-corrected chi connectivity index (χ4v) is 2.62. The van der Waals surface area contributed by atoms with Gasteiger partial charge in [0.15, 0.2) is 0 Å². The van der Waals surface area contributed by atoms with E-state index in [2.05, 4.69) is 17.4 Å². The van der Waals surface area contributed by atoms with Crippen molar-refractivity contribution >= 4 is 0 Å². The number of nitrogens with one attached hydrogen (secondary N) is 1. The smallest absolute Gasteiger partial charge is 0.119 e. The van der Waals surface area contributed by atoms with Crippen molar-refractivity contribution in [3.63, 3.8) is 0 Å². The molecule has 0 spiro atoms. The molecule has 94 valence electrons. The van der Waals surface area contributed by atoms with Crippen molar-refractivity contribution in [1.29, 1.82) is 0 Å². The van der Waals surface area contributed by atoms with Crippen LogP contribution in [-0.2, 0) is 5.41 Å². The van der Waals surface area contributed by atoms with Gasteiger partial charge in [0.2, 0.25) is 0 Å². The first-order valence-electron chi connectivity index (χ1n) is 6.27.